The molecular weight excluding hydrogens is 302 g/mol. The summed E-state index contributed by atoms with van der Waals surface area (Å²) < 4.78 is 0. The summed E-state index contributed by atoms with van der Waals surface area (Å²) in [5.74, 6) is 0.0453. The molecule has 0 heterocycles. The lowest BCUT2D eigenvalue weighted by molar-refractivity contribution is -0.130. The van der Waals surface area contributed by atoms with Crippen LogP contribution in [0.5, 0.6) is 0 Å². The molecule has 0 saturated carbocycles. The molecule has 0 N–H and O–H groups in total. The highest BCUT2D eigenvalue weighted by Gasteiger charge is 2.16. The van der Waals surface area contributed by atoms with E-state index in [2.05, 4.69) is 18.7 Å². The minimum atomic E-state index is -0.0436. The lowest BCUT2D eigenvalue weighted by Crippen LogP contribution is -2.36. The van der Waals surface area contributed by atoms with E-state index in [4.69, 9.17) is 0 Å². The van der Waals surface area contributed by atoms with Gasteiger partial charge in [-0.25, -0.2) is 0 Å². The van der Waals surface area contributed by atoms with Crippen molar-refractivity contribution in [3.05, 3.63) is 24.3 Å². The lowest BCUT2D eigenvalue weighted by atomic mass is 10.2. The van der Waals surface area contributed by atoms with E-state index in [0.717, 1.165) is 24.5 Å². The Hall–Kier alpha value is -2.04. The van der Waals surface area contributed by atoms with E-state index in [-0.39, 0.29) is 11.8 Å². The van der Waals surface area contributed by atoms with Gasteiger partial charge in [0.15, 0.2) is 0 Å². The Morgan fingerprint density at radius 2 is 1.33 bits per heavy atom. The summed E-state index contributed by atoms with van der Waals surface area (Å²) in [4.78, 5) is 29.9. The molecule has 134 valence electrons. The molecule has 24 heavy (non-hydrogen) atoms. The van der Waals surface area contributed by atoms with E-state index in [1.54, 1.807) is 16.7 Å². The Labute approximate surface area is 146 Å². The van der Waals surface area contributed by atoms with E-state index in [9.17, 15) is 9.59 Å². The number of anilines is 2. The van der Waals surface area contributed by atoms with Crippen molar-refractivity contribution in [1.82, 2.24) is 4.90 Å². The Kier molecular flexibility index (Phi) is 8.30. The molecule has 2 amide bonds. The van der Waals surface area contributed by atoms with Crippen LogP contribution in [-0.4, -0.2) is 49.4 Å². The number of carbonyl (C=O) groups is 2. The molecular formula is C19H31N3O2. The van der Waals surface area contributed by atoms with Crippen molar-refractivity contribution >= 4 is 23.2 Å². The van der Waals surface area contributed by atoms with E-state index >= 15 is 0 Å². The second kappa shape index (κ2) is 9.96. The molecule has 0 atom stereocenters. The monoisotopic (exact) mass is 333 g/mol. The van der Waals surface area contributed by atoms with Crippen molar-refractivity contribution in [2.24, 2.45) is 0 Å². The van der Waals surface area contributed by atoms with Crippen LogP contribution in [-0.2, 0) is 9.59 Å². The largest absolute Gasteiger partial charge is 0.372 e. The van der Waals surface area contributed by atoms with E-state index in [1.165, 1.54) is 0 Å². The lowest BCUT2D eigenvalue weighted by Gasteiger charge is -2.25. The average molecular weight is 333 g/mol. The van der Waals surface area contributed by atoms with Crippen LogP contribution in [0, 0.1) is 0 Å². The third-order valence-electron chi connectivity index (χ3n) is 4.34. The minimum Gasteiger partial charge on any atom is -0.372 e. The van der Waals surface area contributed by atoms with Crippen LogP contribution in [0.25, 0.3) is 0 Å². The van der Waals surface area contributed by atoms with Gasteiger partial charge in [0.2, 0.25) is 11.8 Å². The van der Waals surface area contributed by atoms with Gasteiger partial charge in [-0.1, -0.05) is 0 Å². The molecule has 5 nitrogen and oxygen atoms in total. The smallest absolute Gasteiger partial charge is 0.224 e. The maximum Gasteiger partial charge on any atom is 0.224 e. The molecule has 0 saturated heterocycles. The summed E-state index contributed by atoms with van der Waals surface area (Å²) in [6.45, 7) is 13.4. The van der Waals surface area contributed by atoms with Crippen LogP contribution in [0.15, 0.2) is 24.3 Å². The normalized spacial score (nSPS) is 10.4. The first kappa shape index (κ1) is 20.0. The van der Waals surface area contributed by atoms with E-state index in [1.807, 2.05) is 38.1 Å². The highest BCUT2D eigenvalue weighted by Crippen LogP contribution is 2.21. The first-order valence-corrected chi connectivity index (χ1v) is 8.89. The summed E-state index contributed by atoms with van der Waals surface area (Å²) in [5.41, 5.74) is 1.98. The van der Waals surface area contributed by atoms with Crippen LogP contribution in [0.4, 0.5) is 11.4 Å². The van der Waals surface area contributed by atoms with Gasteiger partial charge >= 0.3 is 0 Å². The Morgan fingerprint density at radius 1 is 0.833 bits per heavy atom. The molecule has 0 spiro atoms. The van der Waals surface area contributed by atoms with Crippen LogP contribution < -0.4 is 9.80 Å². The maximum atomic E-state index is 12.2. The zero-order valence-corrected chi connectivity index (χ0v) is 15.7. The van der Waals surface area contributed by atoms with Crippen molar-refractivity contribution in [2.75, 3.05) is 42.5 Å². The number of carbonyl (C=O) groups excluding carboxylic acids is 2. The molecule has 0 radical (unpaired) electrons. The molecule has 0 unspecified atom stereocenters. The number of hydrogen-bond acceptors (Lipinski definition) is 3. The average Bonchev–Trinajstić information content (AvgIpc) is 2.58. The fourth-order valence-corrected chi connectivity index (χ4v) is 2.84. The van der Waals surface area contributed by atoms with Crippen LogP contribution in [0.3, 0.4) is 0 Å². The Morgan fingerprint density at radius 3 is 1.75 bits per heavy atom. The van der Waals surface area contributed by atoms with Gasteiger partial charge in [-0.15, -0.1) is 0 Å². The standard InChI is InChI=1S/C19H31N3O2/c1-6-20(7-2)17-10-12-18(13-11-17)22(16(5)23)15-14-19(24)21(8-3)9-4/h10-13H,6-9,14-15H2,1-5H3. The van der Waals surface area contributed by atoms with Crippen LogP contribution in [0.2, 0.25) is 0 Å². The third-order valence-corrected chi connectivity index (χ3v) is 4.34. The molecule has 0 aliphatic rings. The van der Waals surface area contributed by atoms with Gasteiger partial charge in [-0.05, 0) is 52.0 Å². The zero-order chi connectivity index (χ0) is 18.1. The molecule has 1 aromatic rings. The summed E-state index contributed by atoms with van der Waals surface area (Å²) >= 11 is 0. The molecule has 1 aromatic carbocycles. The first-order chi connectivity index (χ1) is 11.5. The van der Waals surface area contributed by atoms with Gasteiger partial charge in [0, 0.05) is 57.4 Å². The highest BCUT2D eigenvalue weighted by atomic mass is 16.2. The first-order valence-electron chi connectivity index (χ1n) is 8.89. The quantitative estimate of drug-likeness (QED) is 0.697. The van der Waals surface area contributed by atoms with Gasteiger partial charge in [-0.2, -0.15) is 0 Å². The van der Waals surface area contributed by atoms with Gasteiger partial charge in [0.25, 0.3) is 0 Å². The second-order valence-corrected chi connectivity index (χ2v) is 5.68. The highest BCUT2D eigenvalue weighted by molar-refractivity contribution is 5.92. The van der Waals surface area contributed by atoms with E-state index in [0.29, 0.717) is 26.1 Å². The fourth-order valence-electron chi connectivity index (χ4n) is 2.84. The van der Waals surface area contributed by atoms with Crippen LogP contribution >= 0.6 is 0 Å². The second-order valence-electron chi connectivity index (χ2n) is 5.68. The van der Waals surface area contributed by atoms with Gasteiger partial charge < -0.3 is 14.7 Å². The maximum absolute atomic E-state index is 12.2. The number of hydrogen-bond donors (Lipinski definition) is 0. The molecule has 0 bridgehead atoms. The van der Waals surface area contributed by atoms with Crippen molar-refractivity contribution < 1.29 is 9.59 Å². The fraction of sp³-hybridized carbons (Fsp3) is 0.579. The number of benzene rings is 1. The van der Waals surface area contributed by atoms with E-state index < -0.39 is 0 Å². The van der Waals surface area contributed by atoms with Crippen molar-refractivity contribution in [2.45, 2.75) is 41.0 Å². The summed E-state index contributed by atoms with van der Waals surface area (Å²) in [6, 6.07) is 7.98. The van der Waals surface area contributed by atoms with Gasteiger partial charge in [-0.3, -0.25) is 9.59 Å². The summed E-state index contributed by atoms with van der Waals surface area (Å²) in [7, 11) is 0. The summed E-state index contributed by atoms with van der Waals surface area (Å²) in [6.07, 6.45) is 0.346. The molecule has 1 rings (SSSR count). The molecule has 0 fully saturated rings. The molecule has 5 heteroatoms. The molecule has 0 aromatic heterocycles. The number of amides is 2. The van der Waals surface area contributed by atoms with Gasteiger partial charge in [0.1, 0.15) is 0 Å². The molecule has 0 aliphatic carbocycles. The molecule has 0 aliphatic heterocycles. The van der Waals surface area contributed by atoms with Crippen molar-refractivity contribution in [3.63, 3.8) is 0 Å². The Bertz CT molecular complexity index is 520. The minimum absolute atomic E-state index is 0.0436. The number of rotatable bonds is 9. The SMILES string of the molecule is CCN(CC)C(=O)CCN(C(C)=O)c1ccc(N(CC)CC)cc1. The topological polar surface area (TPSA) is 43.9 Å². The predicted molar refractivity (Wildman–Crippen MR) is 101 cm³/mol. The Balaban J connectivity index is 2.82. The zero-order valence-electron chi connectivity index (χ0n) is 15.7. The predicted octanol–water partition coefficient (Wildman–Crippen LogP) is 3.14. The summed E-state index contributed by atoms with van der Waals surface area (Å²) in [5, 5.41) is 0. The number of nitrogens with zero attached hydrogens (tertiary/aromatic N) is 3. The van der Waals surface area contributed by atoms with Crippen molar-refractivity contribution in [3.8, 4) is 0 Å². The van der Waals surface area contributed by atoms with Crippen molar-refractivity contribution in [1.29, 1.82) is 0 Å². The van der Waals surface area contributed by atoms with Crippen LogP contribution in [0.1, 0.15) is 41.0 Å². The van der Waals surface area contributed by atoms with Gasteiger partial charge in [0.05, 0.1) is 0 Å². The third kappa shape index (κ3) is 5.25.